The fraction of sp³-hybridized carbons (Fsp3) is 0.538. The van der Waals surface area contributed by atoms with Gasteiger partial charge in [-0.2, -0.15) is 0 Å². The number of fused-ring (bicyclic) bond motifs is 1. The van der Waals surface area contributed by atoms with Crippen LogP contribution in [0.1, 0.15) is 26.2 Å². The normalized spacial score (nSPS) is 26.2. The summed E-state index contributed by atoms with van der Waals surface area (Å²) in [5, 5.41) is 4.22. The molecule has 17 heavy (non-hydrogen) atoms. The highest BCUT2D eigenvalue weighted by atomic mass is 35.5. The number of ether oxygens (including phenoxy) is 2. The Bertz CT molecular complexity index is 436. The molecule has 1 aromatic rings. The summed E-state index contributed by atoms with van der Waals surface area (Å²) in [6.45, 7) is 2.57. The van der Waals surface area contributed by atoms with Crippen LogP contribution >= 0.6 is 11.6 Å². The molecule has 0 aromatic heterocycles. The number of benzene rings is 1. The Hall–Kier alpha value is -1.09. The largest absolute Gasteiger partial charge is 0.454 e. The van der Waals surface area contributed by atoms with E-state index in [1.54, 1.807) is 0 Å². The van der Waals surface area contributed by atoms with E-state index < -0.39 is 0 Å². The van der Waals surface area contributed by atoms with Crippen molar-refractivity contribution in [3.63, 3.8) is 0 Å². The highest BCUT2D eigenvalue weighted by Crippen LogP contribution is 2.40. The zero-order chi connectivity index (χ0) is 11.8. The minimum absolute atomic E-state index is 0.287. The molecule has 1 fully saturated rings. The second kappa shape index (κ2) is 4.30. The Morgan fingerprint density at radius 1 is 1.24 bits per heavy atom. The fourth-order valence-electron chi connectivity index (χ4n) is 2.59. The van der Waals surface area contributed by atoms with Gasteiger partial charge in [0.05, 0.1) is 10.7 Å². The summed E-state index contributed by atoms with van der Waals surface area (Å²) in [6.07, 6.45) is 3.80. The quantitative estimate of drug-likeness (QED) is 0.872. The minimum Gasteiger partial charge on any atom is -0.454 e. The van der Waals surface area contributed by atoms with Crippen molar-refractivity contribution in [2.45, 2.75) is 32.2 Å². The van der Waals surface area contributed by atoms with E-state index in [2.05, 4.69) is 12.2 Å². The van der Waals surface area contributed by atoms with Crippen LogP contribution in [0.15, 0.2) is 12.1 Å². The Balaban J connectivity index is 1.83. The molecular weight excluding hydrogens is 238 g/mol. The average molecular weight is 254 g/mol. The molecule has 0 amide bonds. The number of rotatable bonds is 2. The summed E-state index contributed by atoms with van der Waals surface area (Å²) < 4.78 is 10.7. The molecule has 1 aliphatic heterocycles. The van der Waals surface area contributed by atoms with Gasteiger partial charge < -0.3 is 14.8 Å². The molecule has 0 saturated heterocycles. The maximum atomic E-state index is 6.24. The zero-order valence-electron chi connectivity index (χ0n) is 9.83. The summed E-state index contributed by atoms with van der Waals surface area (Å²) in [5.74, 6) is 2.22. The van der Waals surface area contributed by atoms with Crippen LogP contribution in [0, 0.1) is 5.92 Å². The van der Waals surface area contributed by atoms with E-state index in [9.17, 15) is 0 Å². The summed E-state index contributed by atoms with van der Waals surface area (Å²) >= 11 is 6.24. The van der Waals surface area contributed by atoms with Gasteiger partial charge in [-0.15, -0.1) is 0 Å². The van der Waals surface area contributed by atoms with E-state index in [0.717, 1.165) is 17.2 Å². The Labute approximate surface area is 106 Å². The molecule has 1 aliphatic carbocycles. The third-order valence-corrected chi connectivity index (χ3v) is 3.98. The summed E-state index contributed by atoms with van der Waals surface area (Å²) in [4.78, 5) is 0. The molecule has 2 unspecified atom stereocenters. The number of anilines is 1. The summed E-state index contributed by atoms with van der Waals surface area (Å²) in [6, 6.07) is 4.29. The Morgan fingerprint density at radius 2 is 2.00 bits per heavy atom. The maximum absolute atomic E-state index is 6.24. The Kier molecular flexibility index (Phi) is 2.79. The topological polar surface area (TPSA) is 30.5 Å². The molecule has 92 valence electrons. The minimum atomic E-state index is 0.287. The number of halogens is 1. The molecule has 1 N–H and O–H groups in total. The summed E-state index contributed by atoms with van der Waals surface area (Å²) in [5.41, 5.74) is 0.953. The number of hydrogen-bond acceptors (Lipinski definition) is 3. The lowest BCUT2D eigenvalue weighted by molar-refractivity contribution is 0.174. The van der Waals surface area contributed by atoms with Crippen LogP contribution in [0.5, 0.6) is 11.5 Å². The van der Waals surface area contributed by atoms with Crippen LogP contribution < -0.4 is 14.8 Å². The van der Waals surface area contributed by atoms with Crippen molar-refractivity contribution < 1.29 is 9.47 Å². The lowest BCUT2D eigenvalue weighted by atomic mass is 10.1. The molecular formula is C13H16ClNO2. The third-order valence-electron chi connectivity index (χ3n) is 3.66. The summed E-state index contributed by atoms with van der Waals surface area (Å²) in [7, 11) is 0. The van der Waals surface area contributed by atoms with Gasteiger partial charge in [-0.1, -0.05) is 24.9 Å². The molecule has 4 heteroatoms. The number of hydrogen-bond donors (Lipinski definition) is 1. The first-order valence-electron chi connectivity index (χ1n) is 6.10. The molecule has 0 bridgehead atoms. The molecule has 1 aromatic carbocycles. The SMILES string of the molecule is CC1CCCC1Nc1cc2c(cc1Cl)OCO2. The first kappa shape index (κ1) is 11.0. The zero-order valence-corrected chi connectivity index (χ0v) is 10.6. The average Bonchev–Trinajstić information content (AvgIpc) is 2.89. The second-order valence-electron chi connectivity index (χ2n) is 4.84. The molecule has 3 nitrogen and oxygen atoms in total. The first-order valence-corrected chi connectivity index (χ1v) is 6.47. The van der Waals surface area contributed by atoms with Gasteiger partial charge in [0.15, 0.2) is 11.5 Å². The van der Waals surface area contributed by atoms with Crippen molar-refractivity contribution in [2.24, 2.45) is 5.92 Å². The molecule has 2 atom stereocenters. The highest BCUT2D eigenvalue weighted by molar-refractivity contribution is 6.33. The van der Waals surface area contributed by atoms with Gasteiger partial charge in [0.2, 0.25) is 6.79 Å². The van der Waals surface area contributed by atoms with Crippen molar-refractivity contribution in [2.75, 3.05) is 12.1 Å². The standard InChI is InChI=1S/C13H16ClNO2/c1-8-3-2-4-10(8)15-11-6-13-12(5-9(11)14)16-7-17-13/h5-6,8,10,15H,2-4,7H2,1H3. The van der Waals surface area contributed by atoms with E-state index in [4.69, 9.17) is 21.1 Å². The third kappa shape index (κ3) is 2.04. The molecule has 3 rings (SSSR count). The van der Waals surface area contributed by atoms with Crippen LogP contribution in [-0.4, -0.2) is 12.8 Å². The van der Waals surface area contributed by atoms with Gasteiger partial charge in [0.1, 0.15) is 0 Å². The predicted octanol–water partition coefficient (Wildman–Crippen LogP) is 3.67. The van der Waals surface area contributed by atoms with E-state index in [0.29, 0.717) is 17.0 Å². The van der Waals surface area contributed by atoms with Crippen LogP contribution in [0.3, 0.4) is 0 Å². The fourth-order valence-corrected chi connectivity index (χ4v) is 2.80. The van der Waals surface area contributed by atoms with Crippen molar-refractivity contribution >= 4 is 17.3 Å². The van der Waals surface area contributed by atoms with Crippen molar-refractivity contribution in [1.29, 1.82) is 0 Å². The van der Waals surface area contributed by atoms with Crippen molar-refractivity contribution in [3.05, 3.63) is 17.2 Å². The van der Waals surface area contributed by atoms with Gasteiger partial charge >= 0.3 is 0 Å². The van der Waals surface area contributed by atoms with Crippen molar-refractivity contribution in [3.8, 4) is 11.5 Å². The van der Waals surface area contributed by atoms with Crippen LogP contribution in [0.25, 0.3) is 0 Å². The first-order chi connectivity index (χ1) is 8.24. The van der Waals surface area contributed by atoms with E-state index in [1.165, 1.54) is 19.3 Å². The van der Waals surface area contributed by atoms with Gasteiger partial charge in [-0.05, 0) is 18.8 Å². The smallest absolute Gasteiger partial charge is 0.231 e. The predicted molar refractivity (Wildman–Crippen MR) is 68.0 cm³/mol. The van der Waals surface area contributed by atoms with Gasteiger partial charge in [-0.3, -0.25) is 0 Å². The molecule has 1 saturated carbocycles. The maximum Gasteiger partial charge on any atom is 0.231 e. The monoisotopic (exact) mass is 253 g/mol. The van der Waals surface area contributed by atoms with E-state index in [-0.39, 0.29) is 6.79 Å². The lowest BCUT2D eigenvalue weighted by Crippen LogP contribution is -2.21. The second-order valence-corrected chi connectivity index (χ2v) is 5.25. The Morgan fingerprint density at radius 3 is 2.71 bits per heavy atom. The van der Waals surface area contributed by atoms with Crippen molar-refractivity contribution in [1.82, 2.24) is 0 Å². The van der Waals surface area contributed by atoms with Gasteiger partial charge in [-0.25, -0.2) is 0 Å². The molecule has 0 spiro atoms. The van der Waals surface area contributed by atoms with Crippen LogP contribution in [0.2, 0.25) is 5.02 Å². The highest BCUT2D eigenvalue weighted by Gasteiger charge is 2.25. The molecule has 2 aliphatic rings. The molecule has 0 radical (unpaired) electrons. The van der Waals surface area contributed by atoms with Gasteiger partial charge in [0.25, 0.3) is 0 Å². The lowest BCUT2D eigenvalue weighted by Gasteiger charge is -2.19. The van der Waals surface area contributed by atoms with E-state index in [1.807, 2.05) is 12.1 Å². The number of nitrogens with one attached hydrogen (secondary N) is 1. The van der Waals surface area contributed by atoms with Gasteiger partial charge in [0, 0.05) is 18.2 Å². The van der Waals surface area contributed by atoms with Crippen LogP contribution in [-0.2, 0) is 0 Å². The van der Waals surface area contributed by atoms with E-state index >= 15 is 0 Å². The van der Waals surface area contributed by atoms with Crippen LogP contribution in [0.4, 0.5) is 5.69 Å². The molecule has 1 heterocycles.